The second-order valence-electron chi connectivity index (χ2n) is 3.97. The summed E-state index contributed by atoms with van der Waals surface area (Å²) in [5.74, 6) is 0.356. The zero-order valence-corrected chi connectivity index (χ0v) is 9.76. The van der Waals surface area contributed by atoms with Gasteiger partial charge in [0, 0.05) is 6.54 Å². The lowest BCUT2D eigenvalue weighted by molar-refractivity contribution is 0.474. The Balaban J connectivity index is 2.50. The van der Waals surface area contributed by atoms with Crippen molar-refractivity contribution in [3.8, 4) is 5.75 Å². The van der Waals surface area contributed by atoms with Crippen molar-refractivity contribution in [2.75, 3.05) is 13.1 Å². The number of benzene rings is 1. The minimum Gasteiger partial charge on any atom is -0.508 e. The highest BCUT2D eigenvalue weighted by Gasteiger charge is 2.27. The molecule has 1 aliphatic rings. The molecule has 0 saturated heterocycles. The van der Waals surface area contributed by atoms with Gasteiger partial charge < -0.3 is 10.4 Å². The molecule has 0 aliphatic carbocycles. The molecular formula is C11H14BrNO. The predicted octanol–water partition coefficient (Wildman–Crippen LogP) is 2.15. The van der Waals surface area contributed by atoms with Crippen LogP contribution in [0.4, 0.5) is 0 Å². The van der Waals surface area contributed by atoms with Crippen molar-refractivity contribution in [3.05, 3.63) is 29.3 Å². The lowest BCUT2D eigenvalue weighted by Gasteiger charge is -2.23. The van der Waals surface area contributed by atoms with Gasteiger partial charge >= 0.3 is 0 Å². The largest absolute Gasteiger partial charge is 0.508 e. The molecular weight excluding hydrogens is 242 g/mol. The fraction of sp³-hybridized carbons (Fsp3) is 0.455. The van der Waals surface area contributed by atoms with E-state index in [4.69, 9.17) is 0 Å². The van der Waals surface area contributed by atoms with E-state index in [0.29, 0.717) is 5.75 Å². The molecule has 14 heavy (non-hydrogen) atoms. The first-order valence-corrected chi connectivity index (χ1v) is 5.61. The van der Waals surface area contributed by atoms with Crippen LogP contribution in [0.3, 0.4) is 0 Å². The van der Waals surface area contributed by atoms with Crippen molar-refractivity contribution >= 4 is 15.9 Å². The van der Waals surface area contributed by atoms with Crippen molar-refractivity contribution in [3.63, 3.8) is 0 Å². The first-order valence-electron chi connectivity index (χ1n) is 4.81. The van der Waals surface area contributed by atoms with E-state index in [2.05, 4.69) is 28.2 Å². The summed E-state index contributed by atoms with van der Waals surface area (Å²) in [7, 11) is 0. The molecule has 1 aromatic carbocycles. The Bertz CT molecular complexity index is 349. The number of hydrogen-bond donors (Lipinski definition) is 2. The SMILES string of the molecule is CC1(Br)CNCCc2cc(O)ccc21. The number of nitrogens with one attached hydrogen (secondary N) is 1. The van der Waals surface area contributed by atoms with E-state index in [1.807, 2.05) is 12.1 Å². The molecule has 0 radical (unpaired) electrons. The molecule has 1 unspecified atom stereocenters. The molecule has 2 nitrogen and oxygen atoms in total. The fourth-order valence-electron chi connectivity index (χ4n) is 1.94. The molecule has 0 bridgehead atoms. The lowest BCUT2D eigenvalue weighted by Crippen LogP contribution is -2.28. The third-order valence-electron chi connectivity index (χ3n) is 2.68. The Morgan fingerprint density at radius 3 is 3.07 bits per heavy atom. The molecule has 0 amide bonds. The van der Waals surface area contributed by atoms with Gasteiger partial charge in [-0.05, 0) is 43.1 Å². The quantitative estimate of drug-likeness (QED) is 0.697. The second-order valence-corrected chi connectivity index (χ2v) is 5.72. The lowest BCUT2D eigenvalue weighted by atomic mass is 9.95. The third kappa shape index (κ3) is 1.79. The Kier molecular flexibility index (Phi) is 2.54. The summed E-state index contributed by atoms with van der Waals surface area (Å²) in [6.07, 6.45) is 0.977. The molecule has 1 aliphatic heterocycles. The van der Waals surface area contributed by atoms with Gasteiger partial charge in [-0.2, -0.15) is 0 Å². The van der Waals surface area contributed by atoms with Crippen LogP contribution in [-0.2, 0) is 10.7 Å². The van der Waals surface area contributed by atoms with Crippen molar-refractivity contribution < 1.29 is 5.11 Å². The minimum atomic E-state index is -0.0213. The molecule has 2 N–H and O–H groups in total. The first kappa shape index (κ1) is 9.99. The van der Waals surface area contributed by atoms with Crippen LogP contribution >= 0.6 is 15.9 Å². The maximum atomic E-state index is 9.41. The van der Waals surface area contributed by atoms with Crippen LogP contribution < -0.4 is 5.32 Å². The van der Waals surface area contributed by atoms with Gasteiger partial charge in [-0.1, -0.05) is 22.0 Å². The summed E-state index contributed by atoms with van der Waals surface area (Å²) < 4.78 is -0.0213. The fourth-order valence-corrected chi connectivity index (χ4v) is 2.52. The molecule has 1 aromatic rings. The van der Waals surface area contributed by atoms with Crippen molar-refractivity contribution in [2.24, 2.45) is 0 Å². The van der Waals surface area contributed by atoms with Crippen LogP contribution in [0, 0.1) is 0 Å². The average Bonchev–Trinajstić information content (AvgIpc) is 2.25. The van der Waals surface area contributed by atoms with Gasteiger partial charge in [-0.25, -0.2) is 0 Å². The number of phenolic OH excluding ortho intramolecular Hbond substituents is 1. The van der Waals surface area contributed by atoms with E-state index in [-0.39, 0.29) is 4.32 Å². The Morgan fingerprint density at radius 1 is 1.50 bits per heavy atom. The van der Waals surface area contributed by atoms with Gasteiger partial charge in [0.05, 0.1) is 4.32 Å². The maximum absolute atomic E-state index is 9.41. The number of rotatable bonds is 0. The van der Waals surface area contributed by atoms with Crippen LogP contribution in [0.2, 0.25) is 0 Å². The zero-order chi connectivity index (χ0) is 10.2. The van der Waals surface area contributed by atoms with E-state index < -0.39 is 0 Å². The second kappa shape index (κ2) is 3.55. The summed E-state index contributed by atoms with van der Waals surface area (Å²) in [6, 6.07) is 5.62. The predicted molar refractivity (Wildman–Crippen MR) is 61.0 cm³/mol. The summed E-state index contributed by atoms with van der Waals surface area (Å²) >= 11 is 3.72. The van der Waals surface area contributed by atoms with E-state index in [1.54, 1.807) is 6.07 Å². The highest BCUT2D eigenvalue weighted by Crippen LogP contribution is 2.35. The van der Waals surface area contributed by atoms with Gasteiger partial charge in [-0.15, -0.1) is 0 Å². The average molecular weight is 256 g/mol. The van der Waals surface area contributed by atoms with Gasteiger partial charge in [0.2, 0.25) is 0 Å². The molecule has 0 saturated carbocycles. The summed E-state index contributed by atoms with van der Waals surface area (Å²) in [4.78, 5) is 0. The Hall–Kier alpha value is -0.540. The minimum absolute atomic E-state index is 0.0213. The number of hydrogen-bond acceptors (Lipinski definition) is 2. The summed E-state index contributed by atoms with van der Waals surface area (Å²) in [5, 5.41) is 12.8. The highest BCUT2D eigenvalue weighted by atomic mass is 79.9. The molecule has 0 spiro atoms. The molecule has 2 rings (SSSR count). The maximum Gasteiger partial charge on any atom is 0.115 e. The molecule has 76 valence electrons. The summed E-state index contributed by atoms with van der Waals surface area (Å²) in [6.45, 7) is 4.05. The van der Waals surface area contributed by atoms with E-state index >= 15 is 0 Å². The summed E-state index contributed by atoms with van der Waals surface area (Å²) in [5.41, 5.74) is 2.51. The molecule has 0 aromatic heterocycles. The zero-order valence-electron chi connectivity index (χ0n) is 8.18. The van der Waals surface area contributed by atoms with Gasteiger partial charge in [-0.3, -0.25) is 0 Å². The van der Waals surface area contributed by atoms with Crippen LogP contribution in [-0.4, -0.2) is 18.2 Å². The number of halogens is 1. The number of fused-ring (bicyclic) bond motifs is 1. The number of phenols is 1. The van der Waals surface area contributed by atoms with Gasteiger partial charge in [0.1, 0.15) is 5.75 Å². The molecule has 0 fully saturated rings. The van der Waals surface area contributed by atoms with Crippen molar-refractivity contribution in [1.29, 1.82) is 0 Å². The molecule has 1 atom stereocenters. The topological polar surface area (TPSA) is 32.3 Å². The van der Waals surface area contributed by atoms with Crippen LogP contribution in [0.15, 0.2) is 18.2 Å². The number of aromatic hydroxyl groups is 1. The number of alkyl halides is 1. The standard InChI is InChI=1S/C11H14BrNO/c1-11(12)7-13-5-4-8-6-9(14)2-3-10(8)11/h2-3,6,13-14H,4-5,7H2,1H3. The third-order valence-corrected chi connectivity index (χ3v) is 3.39. The Labute approximate surface area is 92.5 Å². The first-order chi connectivity index (χ1) is 6.59. The Morgan fingerprint density at radius 2 is 2.29 bits per heavy atom. The van der Waals surface area contributed by atoms with Gasteiger partial charge in [0.15, 0.2) is 0 Å². The van der Waals surface area contributed by atoms with Crippen molar-refractivity contribution in [2.45, 2.75) is 17.7 Å². The van der Waals surface area contributed by atoms with Crippen LogP contribution in [0.1, 0.15) is 18.1 Å². The smallest absolute Gasteiger partial charge is 0.115 e. The van der Waals surface area contributed by atoms with Crippen LogP contribution in [0.5, 0.6) is 5.75 Å². The van der Waals surface area contributed by atoms with Gasteiger partial charge in [0.25, 0.3) is 0 Å². The monoisotopic (exact) mass is 255 g/mol. The molecule has 3 heteroatoms. The normalized spacial score (nSPS) is 26.7. The van der Waals surface area contributed by atoms with E-state index in [0.717, 1.165) is 19.5 Å². The highest BCUT2D eigenvalue weighted by molar-refractivity contribution is 9.09. The molecule has 1 heterocycles. The van der Waals surface area contributed by atoms with Crippen molar-refractivity contribution in [1.82, 2.24) is 5.32 Å². The van der Waals surface area contributed by atoms with Crippen LogP contribution in [0.25, 0.3) is 0 Å². The van der Waals surface area contributed by atoms with E-state index in [1.165, 1.54) is 11.1 Å². The van der Waals surface area contributed by atoms with E-state index in [9.17, 15) is 5.11 Å².